The van der Waals surface area contributed by atoms with E-state index in [2.05, 4.69) is 10.2 Å². The molecule has 0 spiro atoms. The van der Waals surface area contributed by atoms with Crippen LogP contribution in [0.5, 0.6) is 0 Å². The van der Waals surface area contributed by atoms with Crippen LogP contribution in [-0.4, -0.2) is 48.2 Å². The van der Waals surface area contributed by atoms with E-state index in [4.69, 9.17) is 5.11 Å². The Labute approximate surface area is 177 Å². The molecular formula is C23H32N2O5. The third-order valence-electron chi connectivity index (χ3n) is 5.69. The maximum Gasteiger partial charge on any atom is 0.229 e. The molecule has 2 fully saturated rings. The van der Waals surface area contributed by atoms with Gasteiger partial charge in [-0.1, -0.05) is 19.1 Å². The zero-order valence-corrected chi connectivity index (χ0v) is 18.1. The van der Waals surface area contributed by atoms with Crippen LogP contribution in [0.1, 0.15) is 73.6 Å². The zero-order valence-electron chi connectivity index (χ0n) is 18.1. The number of Topliss-reactive ketones (excluding diaryl/α,β-unsaturated/α-hetero) is 2. The van der Waals surface area contributed by atoms with Crippen LogP contribution in [0, 0.1) is 11.8 Å². The molecule has 164 valence electrons. The fourth-order valence-electron chi connectivity index (χ4n) is 3.92. The van der Waals surface area contributed by atoms with Gasteiger partial charge in [-0.3, -0.25) is 24.5 Å². The number of rotatable bonds is 7. The van der Waals surface area contributed by atoms with Crippen LogP contribution in [0.3, 0.4) is 0 Å². The Balaban J connectivity index is 0.000000269. The van der Waals surface area contributed by atoms with Crippen LogP contribution >= 0.6 is 0 Å². The molecule has 7 heteroatoms. The van der Waals surface area contributed by atoms with E-state index < -0.39 is 0 Å². The molecule has 2 saturated heterocycles. The number of amides is 2. The zero-order chi connectivity index (χ0) is 22.3. The summed E-state index contributed by atoms with van der Waals surface area (Å²) in [4.78, 5) is 47.2. The highest BCUT2D eigenvalue weighted by Gasteiger charge is 2.29. The molecule has 3 rings (SSSR count). The molecule has 2 aliphatic heterocycles. The summed E-state index contributed by atoms with van der Waals surface area (Å²) in [5, 5.41) is 11.1. The summed E-state index contributed by atoms with van der Waals surface area (Å²) in [6.45, 7) is 6.97. The van der Waals surface area contributed by atoms with E-state index in [1.807, 2.05) is 19.1 Å². The number of aliphatic hydroxyl groups excluding tert-OH is 1. The summed E-state index contributed by atoms with van der Waals surface area (Å²) in [5.41, 5.74) is 1.92. The lowest BCUT2D eigenvalue weighted by atomic mass is 9.91. The summed E-state index contributed by atoms with van der Waals surface area (Å²) < 4.78 is 0. The van der Waals surface area contributed by atoms with Crippen molar-refractivity contribution in [2.24, 2.45) is 11.8 Å². The average Bonchev–Trinajstić information content (AvgIpc) is 2.67. The van der Waals surface area contributed by atoms with Crippen molar-refractivity contribution in [3.05, 3.63) is 29.3 Å². The Morgan fingerprint density at radius 2 is 1.87 bits per heavy atom. The van der Waals surface area contributed by atoms with Gasteiger partial charge in [0.25, 0.3) is 0 Å². The number of carbonyl (C=O) groups is 4. The van der Waals surface area contributed by atoms with Crippen LogP contribution in [-0.2, 0) is 9.59 Å². The molecule has 2 amide bonds. The van der Waals surface area contributed by atoms with Crippen molar-refractivity contribution in [3.8, 4) is 0 Å². The molecule has 2 N–H and O–H groups in total. The molecule has 0 aromatic heterocycles. The topological polar surface area (TPSA) is 104 Å². The van der Waals surface area contributed by atoms with Crippen LogP contribution in [0.4, 0.5) is 5.69 Å². The summed E-state index contributed by atoms with van der Waals surface area (Å²) in [6.07, 6.45) is 3.89. The second-order valence-electron chi connectivity index (χ2n) is 8.01. The maximum atomic E-state index is 11.9. The number of ketones is 2. The minimum absolute atomic E-state index is 0.0652. The molecule has 0 aliphatic carbocycles. The smallest absolute Gasteiger partial charge is 0.229 e. The summed E-state index contributed by atoms with van der Waals surface area (Å²) in [7, 11) is 0. The van der Waals surface area contributed by atoms with Gasteiger partial charge in [-0.15, -0.1) is 0 Å². The first-order valence-corrected chi connectivity index (χ1v) is 10.6. The van der Waals surface area contributed by atoms with Crippen molar-refractivity contribution in [2.45, 2.75) is 52.9 Å². The largest absolute Gasteiger partial charge is 0.396 e. The third kappa shape index (κ3) is 5.98. The van der Waals surface area contributed by atoms with E-state index >= 15 is 0 Å². The summed E-state index contributed by atoms with van der Waals surface area (Å²) in [5.74, 6) is 0.271. The molecule has 0 saturated carbocycles. The fourth-order valence-corrected chi connectivity index (χ4v) is 3.92. The minimum atomic E-state index is -0.130. The fraction of sp³-hybridized carbons (Fsp3) is 0.565. The van der Waals surface area contributed by atoms with Gasteiger partial charge in [0, 0.05) is 43.3 Å². The van der Waals surface area contributed by atoms with Crippen LogP contribution in [0.25, 0.3) is 0 Å². The van der Waals surface area contributed by atoms with Crippen molar-refractivity contribution < 1.29 is 24.3 Å². The SMILES string of the molecule is CC(=O)c1cccc(N2CC(CCCO)C2)c1C(C)=O.CCC1CCC(=O)NC1=O. The van der Waals surface area contributed by atoms with Crippen molar-refractivity contribution in [2.75, 3.05) is 24.6 Å². The number of anilines is 1. The first kappa shape index (κ1) is 23.7. The Kier molecular flexibility index (Phi) is 8.72. The first-order chi connectivity index (χ1) is 14.3. The van der Waals surface area contributed by atoms with Crippen LogP contribution < -0.4 is 10.2 Å². The van der Waals surface area contributed by atoms with Gasteiger partial charge in [0.05, 0.1) is 5.56 Å². The number of piperidine rings is 1. The van der Waals surface area contributed by atoms with Gasteiger partial charge in [-0.2, -0.15) is 0 Å². The Morgan fingerprint density at radius 3 is 2.40 bits per heavy atom. The summed E-state index contributed by atoms with van der Waals surface area (Å²) >= 11 is 0. The van der Waals surface area contributed by atoms with Crippen LogP contribution in [0.15, 0.2) is 18.2 Å². The number of aliphatic hydroxyl groups is 1. The van der Waals surface area contributed by atoms with E-state index in [9.17, 15) is 19.2 Å². The third-order valence-corrected chi connectivity index (χ3v) is 5.69. The van der Waals surface area contributed by atoms with E-state index in [1.54, 1.807) is 6.07 Å². The lowest BCUT2D eigenvalue weighted by molar-refractivity contribution is -0.136. The number of imide groups is 1. The molecule has 1 atom stereocenters. The Bertz CT molecular complexity index is 799. The monoisotopic (exact) mass is 416 g/mol. The van der Waals surface area contributed by atoms with Crippen molar-refractivity contribution in [1.29, 1.82) is 0 Å². The second-order valence-corrected chi connectivity index (χ2v) is 8.01. The number of nitrogens with zero attached hydrogens (tertiary/aromatic N) is 1. The molecule has 0 bridgehead atoms. The quantitative estimate of drug-likeness (QED) is 0.523. The molecule has 1 aromatic rings. The first-order valence-electron chi connectivity index (χ1n) is 10.6. The van der Waals surface area contributed by atoms with Gasteiger partial charge in [0.1, 0.15) is 0 Å². The standard InChI is InChI=1S/C16H21NO3.C7H11NO2/c1-11(19)14-6-3-7-15(16(14)12(2)20)17-9-13(10-17)5-4-8-18;1-2-5-3-4-6(9)8-7(5)10/h3,6-7,13,18H,4-5,8-10H2,1-2H3;5H,2-4H2,1H3,(H,8,9,10). The number of benzene rings is 1. The van der Waals surface area contributed by atoms with Gasteiger partial charge in [-0.25, -0.2) is 0 Å². The molecule has 0 radical (unpaired) electrons. The Morgan fingerprint density at radius 1 is 1.17 bits per heavy atom. The van der Waals surface area contributed by atoms with Gasteiger partial charge in [0.15, 0.2) is 11.6 Å². The molecule has 30 heavy (non-hydrogen) atoms. The van der Waals surface area contributed by atoms with E-state index in [-0.39, 0.29) is 35.9 Å². The summed E-state index contributed by atoms with van der Waals surface area (Å²) in [6, 6.07) is 5.45. The normalized spacial score (nSPS) is 18.8. The van der Waals surface area contributed by atoms with Crippen molar-refractivity contribution in [3.63, 3.8) is 0 Å². The van der Waals surface area contributed by atoms with Gasteiger partial charge in [0.2, 0.25) is 11.8 Å². The van der Waals surface area contributed by atoms with Gasteiger partial charge in [-0.05, 0) is 51.5 Å². The number of hydrogen-bond acceptors (Lipinski definition) is 6. The number of hydrogen-bond donors (Lipinski definition) is 2. The molecule has 7 nitrogen and oxygen atoms in total. The predicted octanol–water partition coefficient (Wildman–Crippen LogP) is 2.75. The highest BCUT2D eigenvalue weighted by atomic mass is 16.3. The highest BCUT2D eigenvalue weighted by Crippen LogP contribution is 2.32. The van der Waals surface area contributed by atoms with E-state index in [0.717, 1.165) is 44.5 Å². The van der Waals surface area contributed by atoms with E-state index in [1.165, 1.54) is 13.8 Å². The minimum Gasteiger partial charge on any atom is -0.396 e. The Hall–Kier alpha value is -2.54. The van der Waals surface area contributed by atoms with Crippen molar-refractivity contribution in [1.82, 2.24) is 5.32 Å². The van der Waals surface area contributed by atoms with E-state index in [0.29, 0.717) is 23.5 Å². The lowest BCUT2D eigenvalue weighted by Crippen LogP contribution is -2.47. The number of carbonyl (C=O) groups excluding carboxylic acids is 4. The lowest BCUT2D eigenvalue weighted by Gasteiger charge is -2.42. The number of nitrogens with one attached hydrogen (secondary N) is 1. The second kappa shape index (κ2) is 11.0. The average molecular weight is 417 g/mol. The molecule has 1 aromatic carbocycles. The molecule has 2 heterocycles. The highest BCUT2D eigenvalue weighted by molar-refractivity contribution is 6.10. The van der Waals surface area contributed by atoms with Crippen LogP contribution in [0.2, 0.25) is 0 Å². The molecule has 2 aliphatic rings. The molecule has 1 unspecified atom stereocenters. The maximum absolute atomic E-state index is 11.9. The predicted molar refractivity (Wildman–Crippen MR) is 115 cm³/mol. The van der Waals surface area contributed by atoms with Gasteiger partial charge < -0.3 is 10.0 Å². The van der Waals surface area contributed by atoms with Gasteiger partial charge >= 0.3 is 0 Å². The molecular weight excluding hydrogens is 384 g/mol. The van der Waals surface area contributed by atoms with Crippen molar-refractivity contribution >= 4 is 29.1 Å².